The van der Waals surface area contributed by atoms with Gasteiger partial charge in [-0.25, -0.2) is 4.39 Å². The zero-order chi connectivity index (χ0) is 13.0. The van der Waals surface area contributed by atoms with E-state index in [1.807, 2.05) is 7.05 Å². The van der Waals surface area contributed by atoms with Gasteiger partial charge in [-0.1, -0.05) is 37.9 Å². The minimum absolute atomic E-state index is 0.000509. The standard InChI is InChI=1S/C13H18BrClFN/c1-4-5-8(2)13(17-3)9-6-7-10(14)11(15)12(9)16/h6-8,13,17H,4-5H2,1-3H3. The SMILES string of the molecule is CCCC(C)C(NC)c1ccc(Br)c(Cl)c1F. The van der Waals surface area contributed by atoms with Gasteiger partial charge in [0.2, 0.25) is 0 Å². The summed E-state index contributed by atoms with van der Waals surface area (Å²) in [4.78, 5) is 0. The maximum absolute atomic E-state index is 14.1. The van der Waals surface area contributed by atoms with Crippen molar-refractivity contribution in [3.05, 3.63) is 33.0 Å². The van der Waals surface area contributed by atoms with Crippen molar-refractivity contribution in [2.45, 2.75) is 32.7 Å². The summed E-state index contributed by atoms with van der Waals surface area (Å²) in [7, 11) is 1.85. The van der Waals surface area contributed by atoms with E-state index < -0.39 is 0 Å². The van der Waals surface area contributed by atoms with Crippen molar-refractivity contribution in [1.82, 2.24) is 5.32 Å². The number of rotatable bonds is 5. The first-order valence-electron chi connectivity index (χ1n) is 5.83. The summed E-state index contributed by atoms with van der Waals surface area (Å²) in [6, 6.07) is 3.59. The number of hydrogen-bond donors (Lipinski definition) is 1. The fraction of sp³-hybridized carbons (Fsp3) is 0.538. The van der Waals surface area contributed by atoms with Gasteiger partial charge in [0.05, 0.1) is 5.02 Å². The van der Waals surface area contributed by atoms with E-state index in [1.54, 1.807) is 12.1 Å². The zero-order valence-corrected chi connectivity index (χ0v) is 12.7. The van der Waals surface area contributed by atoms with Crippen molar-refractivity contribution in [2.24, 2.45) is 5.92 Å². The molecule has 0 spiro atoms. The van der Waals surface area contributed by atoms with E-state index >= 15 is 0 Å². The summed E-state index contributed by atoms with van der Waals surface area (Å²) in [5.41, 5.74) is 0.640. The molecule has 0 bridgehead atoms. The fourth-order valence-corrected chi connectivity index (χ4v) is 2.63. The Morgan fingerprint density at radius 1 is 1.47 bits per heavy atom. The van der Waals surface area contributed by atoms with E-state index in [1.165, 1.54) is 0 Å². The first kappa shape index (κ1) is 14.9. The molecule has 1 nitrogen and oxygen atoms in total. The third kappa shape index (κ3) is 3.43. The Morgan fingerprint density at radius 3 is 2.65 bits per heavy atom. The Kier molecular flexibility index (Phi) is 5.90. The molecule has 0 aliphatic rings. The zero-order valence-electron chi connectivity index (χ0n) is 10.4. The highest BCUT2D eigenvalue weighted by molar-refractivity contribution is 9.10. The first-order chi connectivity index (χ1) is 8.02. The largest absolute Gasteiger partial charge is 0.313 e. The van der Waals surface area contributed by atoms with Gasteiger partial charge in [-0.2, -0.15) is 0 Å². The smallest absolute Gasteiger partial charge is 0.147 e. The Morgan fingerprint density at radius 2 is 2.12 bits per heavy atom. The first-order valence-corrected chi connectivity index (χ1v) is 7.00. The minimum atomic E-state index is -0.330. The lowest BCUT2D eigenvalue weighted by Crippen LogP contribution is -2.24. The topological polar surface area (TPSA) is 12.0 Å². The maximum atomic E-state index is 14.1. The van der Waals surface area contributed by atoms with Gasteiger partial charge in [-0.15, -0.1) is 0 Å². The molecule has 0 radical (unpaired) electrons. The molecule has 0 aromatic heterocycles. The second kappa shape index (κ2) is 6.72. The van der Waals surface area contributed by atoms with Gasteiger partial charge in [-0.3, -0.25) is 0 Å². The normalized spacial score (nSPS) is 14.7. The lowest BCUT2D eigenvalue weighted by atomic mass is 9.91. The van der Waals surface area contributed by atoms with E-state index in [-0.39, 0.29) is 16.9 Å². The third-order valence-electron chi connectivity index (χ3n) is 3.02. The van der Waals surface area contributed by atoms with Crippen LogP contribution in [0, 0.1) is 11.7 Å². The van der Waals surface area contributed by atoms with Gasteiger partial charge in [0.1, 0.15) is 5.82 Å². The van der Waals surface area contributed by atoms with Gasteiger partial charge in [0.25, 0.3) is 0 Å². The summed E-state index contributed by atoms with van der Waals surface area (Å²) in [5.74, 6) is 0.0417. The number of nitrogens with one attached hydrogen (secondary N) is 1. The van der Waals surface area contributed by atoms with Crippen LogP contribution >= 0.6 is 27.5 Å². The quantitative estimate of drug-likeness (QED) is 0.757. The van der Waals surface area contributed by atoms with Gasteiger partial charge >= 0.3 is 0 Å². The Balaban J connectivity index is 3.08. The maximum Gasteiger partial charge on any atom is 0.147 e. The molecule has 0 heterocycles. The molecule has 0 saturated heterocycles. The number of benzene rings is 1. The molecule has 0 saturated carbocycles. The van der Waals surface area contributed by atoms with Crippen molar-refractivity contribution in [1.29, 1.82) is 0 Å². The highest BCUT2D eigenvalue weighted by Crippen LogP contribution is 2.33. The van der Waals surface area contributed by atoms with Gasteiger partial charge in [0, 0.05) is 16.1 Å². The highest BCUT2D eigenvalue weighted by Gasteiger charge is 2.22. The molecule has 1 N–H and O–H groups in total. The molecule has 0 fully saturated rings. The lowest BCUT2D eigenvalue weighted by molar-refractivity contribution is 0.372. The molecule has 96 valence electrons. The van der Waals surface area contributed by atoms with Crippen molar-refractivity contribution >= 4 is 27.5 Å². The van der Waals surface area contributed by atoms with Crippen LogP contribution in [0.4, 0.5) is 4.39 Å². The molecule has 1 aromatic rings. The predicted molar refractivity (Wildman–Crippen MR) is 75.0 cm³/mol. The Labute approximate surface area is 116 Å². The van der Waals surface area contributed by atoms with Crippen LogP contribution in [-0.2, 0) is 0 Å². The summed E-state index contributed by atoms with van der Waals surface area (Å²) in [6.45, 7) is 4.26. The predicted octanol–water partition coefficient (Wildman–Crippen LogP) is 4.94. The molecule has 0 aliphatic heterocycles. The average molecular weight is 323 g/mol. The summed E-state index contributed by atoms with van der Waals surface area (Å²) in [5, 5.41) is 3.34. The van der Waals surface area contributed by atoms with E-state index in [0.29, 0.717) is 16.0 Å². The highest BCUT2D eigenvalue weighted by atomic mass is 79.9. The number of hydrogen-bond acceptors (Lipinski definition) is 1. The van der Waals surface area contributed by atoms with Crippen LogP contribution in [0.15, 0.2) is 16.6 Å². The molecule has 2 atom stereocenters. The van der Waals surface area contributed by atoms with Gasteiger partial charge < -0.3 is 5.32 Å². The van der Waals surface area contributed by atoms with E-state index in [0.717, 1.165) is 12.8 Å². The summed E-state index contributed by atoms with van der Waals surface area (Å²) in [6.07, 6.45) is 2.14. The van der Waals surface area contributed by atoms with Gasteiger partial charge in [-0.05, 0) is 41.4 Å². The van der Waals surface area contributed by atoms with Crippen LogP contribution in [0.2, 0.25) is 5.02 Å². The third-order valence-corrected chi connectivity index (χ3v) is 4.28. The van der Waals surface area contributed by atoms with Crippen LogP contribution < -0.4 is 5.32 Å². The molecule has 1 aromatic carbocycles. The van der Waals surface area contributed by atoms with E-state index in [4.69, 9.17) is 11.6 Å². The fourth-order valence-electron chi connectivity index (χ4n) is 2.15. The van der Waals surface area contributed by atoms with E-state index in [2.05, 4.69) is 35.1 Å². The summed E-state index contributed by atoms with van der Waals surface area (Å²) >= 11 is 9.14. The molecule has 2 unspecified atom stereocenters. The second-order valence-corrected chi connectivity index (χ2v) is 5.53. The van der Waals surface area contributed by atoms with Gasteiger partial charge in [0.15, 0.2) is 0 Å². The monoisotopic (exact) mass is 321 g/mol. The lowest BCUT2D eigenvalue weighted by Gasteiger charge is -2.24. The van der Waals surface area contributed by atoms with Crippen LogP contribution in [-0.4, -0.2) is 7.05 Å². The van der Waals surface area contributed by atoms with Crippen LogP contribution in [0.5, 0.6) is 0 Å². The van der Waals surface area contributed by atoms with E-state index in [9.17, 15) is 4.39 Å². The Hall–Kier alpha value is -0.120. The van der Waals surface area contributed by atoms with Crippen molar-refractivity contribution < 1.29 is 4.39 Å². The molecule has 0 aliphatic carbocycles. The van der Waals surface area contributed by atoms with Crippen LogP contribution in [0.3, 0.4) is 0 Å². The van der Waals surface area contributed by atoms with Crippen molar-refractivity contribution in [2.75, 3.05) is 7.05 Å². The molecule has 4 heteroatoms. The minimum Gasteiger partial charge on any atom is -0.313 e. The second-order valence-electron chi connectivity index (χ2n) is 4.30. The number of halogens is 3. The van der Waals surface area contributed by atoms with Crippen LogP contribution in [0.1, 0.15) is 38.3 Å². The average Bonchev–Trinajstić information content (AvgIpc) is 2.30. The van der Waals surface area contributed by atoms with Crippen molar-refractivity contribution in [3.8, 4) is 0 Å². The Bertz CT molecular complexity index is 384. The summed E-state index contributed by atoms with van der Waals surface area (Å²) < 4.78 is 14.7. The van der Waals surface area contributed by atoms with Crippen molar-refractivity contribution in [3.63, 3.8) is 0 Å². The molecule has 0 amide bonds. The molecular formula is C13H18BrClFN. The molecule has 17 heavy (non-hydrogen) atoms. The molecule has 1 rings (SSSR count). The molecular weight excluding hydrogens is 305 g/mol. The van der Waals surface area contributed by atoms with Crippen LogP contribution in [0.25, 0.3) is 0 Å².